The molecule has 5 N–H and O–H groups in total. The lowest BCUT2D eigenvalue weighted by molar-refractivity contribution is -0.144. The molecule has 0 bridgehead atoms. The molecule has 0 aromatic carbocycles. The van der Waals surface area contributed by atoms with Crippen LogP contribution in [0.5, 0.6) is 0 Å². The number of rotatable bonds is 14. The molecule has 12 heteroatoms. The highest BCUT2D eigenvalue weighted by molar-refractivity contribution is 6.21. The molecule has 15 atom stereocenters. The smallest absolute Gasteiger partial charge is 0.351 e. The molecule has 5 aliphatic rings. The van der Waals surface area contributed by atoms with Crippen molar-refractivity contribution in [2.24, 2.45) is 35.5 Å². The molecule has 12 nitrogen and oxygen atoms in total. The van der Waals surface area contributed by atoms with Gasteiger partial charge in [-0.05, 0) is 100 Å². The van der Waals surface area contributed by atoms with Crippen molar-refractivity contribution in [3.63, 3.8) is 0 Å². The molecule has 4 fully saturated rings. The summed E-state index contributed by atoms with van der Waals surface area (Å²) < 4.78 is 30.4. The summed E-state index contributed by atoms with van der Waals surface area (Å²) in [4.78, 5) is 26.3. The van der Waals surface area contributed by atoms with E-state index in [1.807, 2.05) is 19.9 Å². The molecule has 0 aromatic rings. The Bertz CT molecular complexity index is 1470. The fraction of sp³-hybridized carbons (Fsp3) is 0.762. The zero-order valence-corrected chi connectivity index (χ0v) is 33.1. The Morgan fingerprint density at radius 2 is 1.81 bits per heavy atom. The van der Waals surface area contributed by atoms with E-state index in [0.29, 0.717) is 30.8 Å². The molecule has 0 amide bonds. The van der Waals surface area contributed by atoms with Gasteiger partial charge in [-0.25, -0.2) is 4.79 Å². The fourth-order valence-electron chi connectivity index (χ4n) is 9.95. The summed E-state index contributed by atoms with van der Waals surface area (Å²) in [5.74, 6) is -4.63. The maximum absolute atomic E-state index is 13.8. The molecule has 54 heavy (non-hydrogen) atoms. The summed E-state index contributed by atoms with van der Waals surface area (Å²) in [6.07, 6.45) is 6.52. The van der Waals surface area contributed by atoms with Crippen LogP contribution in [-0.2, 0) is 33.3 Å². The Labute approximate surface area is 320 Å². The molecule has 0 aromatic heterocycles. The molecule has 5 rings (SSSR count). The maximum Gasteiger partial charge on any atom is 0.351 e. The first-order valence-corrected chi connectivity index (χ1v) is 19.9. The molecule has 304 valence electrons. The second-order valence-corrected chi connectivity index (χ2v) is 16.9. The minimum Gasteiger partial charge on any atom is -0.504 e. The predicted octanol–water partition coefficient (Wildman–Crippen LogP) is 4.64. The molecule has 15 unspecified atom stereocenters. The molecular formula is C42H64O12. The summed E-state index contributed by atoms with van der Waals surface area (Å²) in [5.41, 5.74) is 0.741. The molecule has 3 saturated heterocycles. The van der Waals surface area contributed by atoms with Crippen LogP contribution in [-0.4, -0.2) is 112 Å². The SMILES string of the molecule is C=C1OC(=O)C(C(=O)C(OC)C2C(/C=C(\CO)C3CCC(C)C(/C(C)=C/CC4OC(C)(C5CCC(C(O)CC)O5)CC4C)O3)CC(C)C(O)C2CO)=C1O. The Morgan fingerprint density at radius 3 is 2.43 bits per heavy atom. The first-order chi connectivity index (χ1) is 25.6. The molecule has 4 aliphatic heterocycles. The van der Waals surface area contributed by atoms with E-state index in [0.717, 1.165) is 37.7 Å². The fourth-order valence-corrected chi connectivity index (χ4v) is 9.95. The number of Topliss-reactive ketones (excluding diaryl/α,β-unsaturated/α-hetero) is 1. The summed E-state index contributed by atoms with van der Waals surface area (Å²) >= 11 is 0. The van der Waals surface area contributed by atoms with Crippen molar-refractivity contribution in [1.82, 2.24) is 0 Å². The third kappa shape index (κ3) is 8.61. The molecule has 1 aliphatic carbocycles. The minimum absolute atomic E-state index is 0.0182. The molecular weight excluding hydrogens is 696 g/mol. The monoisotopic (exact) mass is 760 g/mol. The van der Waals surface area contributed by atoms with Gasteiger partial charge in [0.25, 0.3) is 0 Å². The number of ether oxygens (including phenoxy) is 5. The van der Waals surface area contributed by atoms with Gasteiger partial charge in [-0.15, -0.1) is 0 Å². The Balaban J connectivity index is 1.32. The zero-order chi connectivity index (χ0) is 39.6. The standard InChI is InChI=1S/C42H64O12/c1-9-29(45)32-14-15-33(52-32)42(7)18-24(5)30(54-42)12-10-21(2)39-22(3)11-13-31(53-39)27(19-43)17-26-16-23(4)36(46)28(20-44)34(26)40(50-8)38(48)35-37(47)25(6)51-41(35)49/h10,17,22-24,26,28-34,36,39-40,43-47H,6,9,11-16,18-20H2,1-5,7-8H3/b21-10+,27-17+. The van der Waals surface area contributed by atoms with E-state index in [4.69, 9.17) is 23.7 Å². The van der Waals surface area contributed by atoms with Crippen LogP contribution in [0.1, 0.15) is 92.9 Å². The number of hydrogen-bond acceptors (Lipinski definition) is 12. The lowest BCUT2D eigenvalue weighted by atomic mass is 9.63. The number of esters is 1. The van der Waals surface area contributed by atoms with Crippen molar-refractivity contribution < 1.29 is 58.8 Å². The Morgan fingerprint density at radius 1 is 1.09 bits per heavy atom. The number of carbonyl (C=O) groups excluding carboxylic acids is 2. The van der Waals surface area contributed by atoms with Gasteiger partial charge in [-0.3, -0.25) is 4.79 Å². The van der Waals surface area contributed by atoms with Crippen molar-refractivity contribution in [2.45, 2.75) is 147 Å². The Hall–Kier alpha value is -2.42. The van der Waals surface area contributed by atoms with Crippen LogP contribution < -0.4 is 0 Å². The second kappa shape index (κ2) is 17.8. The maximum atomic E-state index is 13.8. The van der Waals surface area contributed by atoms with E-state index >= 15 is 0 Å². The van der Waals surface area contributed by atoms with Crippen LogP contribution >= 0.6 is 0 Å². The van der Waals surface area contributed by atoms with Gasteiger partial charge in [0.15, 0.2) is 17.1 Å². The van der Waals surface area contributed by atoms with Crippen molar-refractivity contribution in [1.29, 1.82) is 0 Å². The lowest BCUT2D eigenvalue weighted by Crippen LogP contribution is -2.52. The van der Waals surface area contributed by atoms with E-state index in [2.05, 4.69) is 40.3 Å². The average molecular weight is 761 g/mol. The first-order valence-electron chi connectivity index (χ1n) is 19.9. The van der Waals surface area contributed by atoms with Crippen molar-refractivity contribution >= 4 is 11.8 Å². The third-order valence-corrected chi connectivity index (χ3v) is 13.1. The molecule has 4 heterocycles. The highest BCUT2D eigenvalue weighted by Crippen LogP contribution is 2.46. The Kier molecular flexibility index (Phi) is 14.1. The number of aliphatic hydroxyl groups is 5. The largest absolute Gasteiger partial charge is 0.504 e. The zero-order valence-electron chi connectivity index (χ0n) is 33.1. The number of methoxy groups -OCH3 is 1. The topological polar surface area (TPSA) is 181 Å². The van der Waals surface area contributed by atoms with Crippen molar-refractivity contribution in [3.8, 4) is 0 Å². The quantitative estimate of drug-likeness (QED) is 0.0942. The number of allylic oxidation sites excluding steroid dienone is 1. The summed E-state index contributed by atoms with van der Waals surface area (Å²) in [6, 6.07) is 0. The van der Waals surface area contributed by atoms with Crippen LogP contribution in [0.3, 0.4) is 0 Å². The van der Waals surface area contributed by atoms with Crippen molar-refractivity contribution in [3.05, 3.63) is 47.0 Å². The number of ketones is 1. The van der Waals surface area contributed by atoms with Gasteiger partial charge in [0, 0.05) is 25.6 Å². The van der Waals surface area contributed by atoms with Gasteiger partial charge in [-0.2, -0.15) is 0 Å². The molecule has 1 saturated carbocycles. The number of cyclic esters (lactones) is 1. The predicted molar refractivity (Wildman–Crippen MR) is 200 cm³/mol. The average Bonchev–Trinajstić information content (AvgIpc) is 3.83. The van der Waals surface area contributed by atoms with Crippen LogP contribution in [0.25, 0.3) is 0 Å². The van der Waals surface area contributed by atoms with Gasteiger partial charge >= 0.3 is 5.97 Å². The van der Waals surface area contributed by atoms with Crippen LogP contribution in [0.2, 0.25) is 0 Å². The third-order valence-electron chi connectivity index (χ3n) is 13.1. The van der Waals surface area contributed by atoms with E-state index in [1.165, 1.54) is 7.11 Å². The van der Waals surface area contributed by atoms with Gasteiger partial charge < -0.3 is 49.2 Å². The normalized spacial score (nSPS) is 40.6. The second-order valence-electron chi connectivity index (χ2n) is 16.9. The van der Waals surface area contributed by atoms with E-state index in [1.54, 1.807) is 0 Å². The number of carbonyl (C=O) groups is 2. The number of aliphatic hydroxyl groups excluding tert-OH is 5. The molecule has 0 spiro atoms. The molecule has 0 radical (unpaired) electrons. The highest BCUT2D eigenvalue weighted by atomic mass is 16.6. The van der Waals surface area contributed by atoms with Gasteiger partial charge in [0.1, 0.15) is 6.10 Å². The van der Waals surface area contributed by atoms with Crippen LogP contribution in [0, 0.1) is 35.5 Å². The number of hydrogen-bond donors (Lipinski definition) is 5. The summed E-state index contributed by atoms with van der Waals surface area (Å²) in [6.45, 7) is 15.2. The summed E-state index contributed by atoms with van der Waals surface area (Å²) in [5, 5.41) is 53.3. The highest BCUT2D eigenvalue weighted by Gasteiger charge is 2.51. The van der Waals surface area contributed by atoms with E-state index in [9.17, 15) is 35.1 Å². The van der Waals surface area contributed by atoms with Gasteiger partial charge in [0.05, 0.1) is 54.9 Å². The van der Waals surface area contributed by atoms with E-state index < -0.39 is 77.5 Å². The van der Waals surface area contributed by atoms with Crippen LogP contribution in [0.4, 0.5) is 0 Å². The summed E-state index contributed by atoms with van der Waals surface area (Å²) in [7, 11) is 1.31. The van der Waals surface area contributed by atoms with Gasteiger partial charge in [-0.1, -0.05) is 46.4 Å². The lowest BCUT2D eigenvalue weighted by Gasteiger charge is -2.46. The van der Waals surface area contributed by atoms with E-state index in [-0.39, 0.29) is 48.6 Å². The minimum atomic E-state index is -1.32. The van der Waals surface area contributed by atoms with Crippen molar-refractivity contribution in [2.75, 3.05) is 20.3 Å². The van der Waals surface area contributed by atoms with Gasteiger partial charge in [0.2, 0.25) is 5.78 Å². The van der Waals surface area contributed by atoms with Crippen LogP contribution in [0.15, 0.2) is 47.0 Å². The first kappa shape index (κ1) is 42.7.